The molecule has 2 rings (SSSR count). The molecular weight excluding hydrogens is 391 g/mol. The molecule has 0 radical (unpaired) electrons. The molecule has 0 bridgehead atoms. The Bertz CT molecular complexity index is 835. The Kier molecular flexibility index (Phi) is 7.90. The molecule has 0 atom stereocenters. The first-order chi connectivity index (χ1) is 13.7. The number of halogens is 3. The fraction of sp³-hybridized carbons (Fsp3) is 0.250. The van der Waals surface area contributed by atoms with E-state index in [1.165, 1.54) is 24.3 Å². The summed E-state index contributed by atoms with van der Waals surface area (Å²) in [5.74, 6) is -2.10. The van der Waals surface area contributed by atoms with Gasteiger partial charge in [-0.1, -0.05) is 42.5 Å². The van der Waals surface area contributed by atoms with Gasteiger partial charge in [0.05, 0.1) is 18.6 Å². The van der Waals surface area contributed by atoms with Gasteiger partial charge in [0.1, 0.15) is 6.61 Å². The van der Waals surface area contributed by atoms with Crippen molar-refractivity contribution >= 4 is 17.8 Å². The van der Waals surface area contributed by atoms with E-state index in [2.05, 4.69) is 10.1 Å². The maximum absolute atomic E-state index is 12.0. The number of carbonyl (C=O) groups is 3. The van der Waals surface area contributed by atoms with Crippen molar-refractivity contribution in [3.63, 3.8) is 0 Å². The van der Waals surface area contributed by atoms with Crippen molar-refractivity contribution < 1.29 is 37.0 Å². The molecule has 0 fully saturated rings. The lowest BCUT2D eigenvalue weighted by Crippen LogP contribution is -2.35. The van der Waals surface area contributed by atoms with Gasteiger partial charge in [-0.25, -0.2) is 4.79 Å². The van der Waals surface area contributed by atoms with Crippen molar-refractivity contribution in [3.8, 4) is 0 Å². The molecule has 2 aromatic rings. The first kappa shape index (κ1) is 22.1. The van der Waals surface area contributed by atoms with Crippen molar-refractivity contribution in [1.82, 2.24) is 5.32 Å². The third kappa shape index (κ3) is 8.56. The van der Waals surface area contributed by atoms with Gasteiger partial charge in [-0.15, -0.1) is 0 Å². The number of benzene rings is 2. The van der Waals surface area contributed by atoms with Crippen molar-refractivity contribution in [2.24, 2.45) is 0 Å². The summed E-state index contributed by atoms with van der Waals surface area (Å²) in [5, 5.41) is 2.12. The van der Waals surface area contributed by atoms with Crippen LogP contribution in [0.15, 0.2) is 54.6 Å². The third-order valence-electron chi connectivity index (χ3n) is 3.54. The van der Waals surface area contributed by atoms with Gasteiger partial charge in [-0.3, -0.25) is 14.9 Å². The summed E-state index contributed by atoms with van der Waals surface area (Å²) >= 11 is 0. The Morgan fingerprint density at radius 2 is 1.52 bits per heavy atom. The maximum Gasteiger partial charge on any atom is 0.411 e. The van der Waals surface area contributed by atoms with E-state index < -0.39 is 37.2 Å². The Hall–Kier alpha value is -3.20. The standard InChI is InChI=1S/C20H18F3NO5/c21-20(22,23)13-28-11-15-6-8-16(9-7-15)19(27)29-12-18(26)24-17(25)10-14-4-2-1-3-5-14/h1-9H,10-13H2,(H,24,25,26). The Balaban J connectivity index is 1.73. The van der Waals surface area contributed by atoms with Crippen molar-refractivity contribution in [1.29, 1.82) is 0 Å². The number of amides is 2. The van der Waals surface area contributed by atoms with Crippen LogP contribution in [0.1, 0.15) is 21.5 Å². The van der Waals surface area contributed by atoms with Crippen LogP contribution in [0, 0.1) is 0 Å². The topological polar surface area (TPSA) is 81.7 Å². The molecule has 0 saturated heterocycles. The molecule has 0 aliphatic rings. The Labute approximate surface area is 164 Å². The van der Waals surface area contributed by atoms with E-state index in [0.717, 1.165) is 5.56 Å². The highest BCUT2D eigenvalue weighted by Crippen LogP contribution is 2.16. The molecule has 6 nitrogen and oxygen atoms in total. The zero-order valence-corrected chi connectivity index (χ0v) is 15.2. The number of imide groups is 1. The average Bonchev–Trinajstić information content (AvgIpc) is 2.66. The van der Waals surface area contributed by atoms with E-state index in [1.807, 2.05) is 0 Å². The fourth-order valence-corrected chi connectivity index (χ4v) is 2.25. The maximum atomic E-state index is 12.0. The quantitative estimate of drug-likeness (QED) is 0.678. The number of hydrogen-bond acceptors (Lipinski definition) is 5. The molecule has 9 heteroatoms. The molecule has 0 heterocycles. The predicted molar refractivity (Wildman–Crippen MR) is 95.7 cm³/mol. The van der Waals surface area contributed by atoms with E-state index in [-0.39, 0.29) is 18.6 Å². The summed E-state index contributed by atoms with van der Waals surface area (Å²) in [6.45, 7) is -2.27. The van der Waals surface area contributed by atoms with Crippen LogP contribution in [0.25, 0.3) is 0 Å². The van der Waals surface area contributed by atoms with Gasteiger partial charge in [-0.05, 0) is 23.3 Å². The smallest absolute Gasteiger partial charge is 0.411 e. The number of rotatable bonds is 8. The molecule has 0 spiro atoms. The highest BCUT2D eigenvalue weighted by atomic mass is 19.4. The summed E-state index contributed by atoms with van der Waals surface area (Å²) < 4.78 is 45.4. The van der Waals surface area contributed by atoms with Crippen LogP contribution >= 0.6 is 0 Å². The van der Waals surface area contributed by atoms with Crippen LogP contribution < -0.4 is 5.32 Å². The van der Waals surface area contributed by atoms with Crippen molar-refractivity contribution in [3.05, 3.63) is 71.3 Å². The molecule has 29 heavy (non-hydrogen) atoms. The summed E-state index contributed by atoms with van der Waals surface area (Å²) in [6.07, 6.45) is -4.40. The fourth-order valence-electron chi connectivity index (χ4n) is 2.25. The van der Waals surface area contributed by atoms with E-state index in [1.54, 1.807) is 30.3 Å². The lowest BCUT2D eigenvalue weighted by Gasteiger charge is -2.08. The minimum atomic E-state index is -4.41. The second kappa shape index (κ2) is 10.4. The van der Waals surface area contributed by atoms with Gasteiger partial charge in [0.2, 0.25) is 5.91 Å². The van der Waals surface area contributed by atoms with Crippen LogP contribution in [0.4, 0.5) is 13.2 Å². The normalized spacial score (nSPS) is 11.0. The summed E-state index contributed by atoms with van der Waals surface area (Å²) in [7, 11) is 0. The first-order valence-corrected chi connectivity index (χ1v) is 8.50. The van der Waals surface area contributed by atoms with Crippen molar-refractivity contribution in [2.75, 3.05) is 13.2 Å². The van der Waals surface area contributed by atoms with Crippen LogP contribution in [0.5, 0.6) is 0 Å². The molecule has 0 unspecified atom stereocenters. The van der Waals surface area contributed by atoms with E-state index in [0.29, 0.717) is 5.56 Å². The molecule has 0 aliphatic carbocycles. The van der Waals surface area contributed by atoms with Crippen LogP contribution in [-0.2, 0) is 32.1 Å². The monoisotopic (exact) mass is 409 g/mol. The summed E-state index contributed by atoms with van der Waals surface area (Å²) in [4.78, 5) is 35.4. The highest BCUT2D eigenvalue weighted by molar-refractivity contribution is 5.98. The second-order valence-electron chi connectivity index (χ2n) is 6.01. The van der Waals surface area contributed by atoms with Gasteiger partial charge in [0, 0.05) is 0 Å². The molecule has 0 aliphatic heterocycles. The van der Waals surface area contributed by atoms with Gasteiger partial charge < -0.3 is 9.47 Å². The number of ether oxygens (including phenoxy) is 2. The third-order valence-corrected chi connectivity index (χ3v) is 3.54. The zero-order chi connectivity index (χ0) is 21.3. The van der Waals surface area contributed by atoms with E-state index >= 15 is 0 Å². The van der Waals surface area contributed by atoms with Gasteiger partial charge in [0.15, 0.2) is 6.61 Å². The molecular formula is C20H18F3NO5. The SMILES string of the molecule is O=C(COC(=O)c1ccc(COCC(F)(F)F)cc1)NC(=O)Cc1ccccc1. The Morgan fingerprint density at radius 1 is 0.862 bits per heavy atom. The number of esters is 1. The lowest BCUT2D eigenvalue weighted by atomic mass is 10.1. The van der Waals surface area contributed by atoms with Crippen molar-refractivity contribution in [2.45, 2.75) is 19.2 Å². The number of nitrogens with one attached hydrogen (secondary N) is 1. The van der Waals surface area contributed by atoms with E-state index in [4.69, 9.17) is 4.74 Å². The second-order valence-corrected chi connectivity index (χ2v) is 6.01. The minimum Gasteiger partial charge on any atom is -0.452 e. The molecule has 2 amide bonds. The molecule has 0 saturated carbocycles. The predicted octanol–water partition coefficient (Wildman–Crippen LogP) is 2.81. The molecule has 0 aromatic heterocycles. The minimum absolute atomic E-state index is 0.0123. The lowest BCUT2D eigenvalue weighted by molar-refractivity contribution is -0.176. The first-order valence-electron chi connectivity index (χ1n) is 8.50. The molecule has 2 aromatic carbocycles. The molecule has 154 valence electrons. The summed E-state index contributed by atoms with van der Waals surface area (Å²) in [6, 6.07) is 14.3. The van der Waals surface area contributed by atoms with Crippen LogP contribution in [0.3, 0.4) is 0 Å². The summed E-state index contributed by atoms with van der Waals surface area (Å²) in [5.41, 5.74) is 1.28. The van der Waals surface area contributed by atoms with E-state index in [9.17, 15) is 27.6 Å². The van der Waals surface area contributed by atoms with Crippen LogP contribution in [-0.4, -0.2) is 37.2 Å². The molecule has 1 N–H and O–H groups in total. The van der Waals surface area contributed by atoms with Gasteiger partial charge in [0.25, 0.3) is 5.91 Å². The Morgan fingerprint density at radius 3 is 2.14 bits per heavy atom. The number of hydrogen-bond donors (Lipinski definition) is 1. The van der Waals surface area contributed by atoms with Gasteiger partial charge >= 0.3 is 12.1 Å². The number of alkyl halides is 3. The van der Waals surface area contributed by atoms with Gasteiger partial charge in [-0.2, -0.15) is 13.2 Å². The zero-order valence-electron chi connectivity index (χ0n) is 15.2. The van der Waals surface area contributed by atoms with Crippen LogP contribution in [0.2, 0.25) is 0 Å². The largest absolute Gasteiger partial charge is 0.452 e. The average molecular weight is 409 g/mol. The number of carbonyl (C=O) groups excluding carboxylic acids is 3. The highest BCUT2D eigenvalue weighted by Gasteiger charge is 2.27.